The summed E-state index contributed by atoms with van der Waals surface area (Å²) in [7, 11) is 3.42. The Morgan fingerprint density at radius 3 is 2.64 bits per heavy atom. The minimum absolute atomic E-state index is 0.181. The van der Waals surface area contributed by atoms with E-state index in [1.54, 1.807) is 14.2 Å². The van der Waals surface area contributed by atoms with Gasteiger partial charge in [0.25, 0.3) is 0 Å². The van der Waals surface area contributed by atoms with E-state index in [-0.39, 0.29) is 6.04 Å². The zero-order valence-corrected chi connectivity index (χ0v) is 15.4. The van der Waals surface area contributed by atoms with E-state index < -0.39 is 0 Å². The summed E-state index contributed by atoms with van der Waals surface area (Å²) in [6.07, 6.45) is 1.15. The summed E-state index contributed by atoms with van der Waals surface area (Å²) in [4.78, 5) is 2.55. The molecule has 1 atom stereocenters. The summed E-state index contributed by atoms with van der Waals surface area (Å²) < 4.78 is 11.1. The average Bonchev–Trinajstić information content (AvgIpc) is 2.91. The first-order valence-electron chi connectivity index (χ1n) is 8.96. The first-order valence-corrected chi connectivity index (χ1v) is 8.96. The highest BCUT2D eigenvalue weighted by atomic mass is 16.5. The van der Waals surface area contributed by atoms with Crippen LogP contribution in [0.4, 0.5) is 0 Å². The van der Waals surface area contributed by atoms with Crippen LogP contribution >= 0.6 is 0 Å². The molecular weight excluding hydrogens is 312 g/mol. The van der Waals surface area contributed by atoms with Crippen molar-refractivity contribution in [3.63, 3.8) is 0 Å². The number of methoxy groups -OCH3 is 2. The molecule has 0 saturated carbocycles. The number of hydrogen-bond donors (Lipinski definition) is 1. The van der Waals surface area contributed by atoms with Crippen LogP contribution in [0, 0.1) is 6.92 Å². The number of nitrogens with one attached hydrogen (secondary N) is 1. The maximum atomic E-state index is 5.72. The molecule has 4 heteroatoms. The van der Waals surface area contributed by atoms with Crippen molar-refractivity contribution in [2.45, 2.75) is 19.4 Å². The average molecular weight is 340 g/mol. The number of ether oxygens (including phenoxy) is 2. The van der Waals surface area contributed by atoms with Gasteiger partial charge in [-0.3, -0.25) is 4.90 Å². The van der Waals surface area contributed by atoms with Gasteiger partial charge in [-0.05, 0) is 37.6 Å². The van der Waals surface area contributed by atoms with Gasteiger partial charge in [0.2, 0.25) is 0 Å². The fraction of sp³-hybridized carbons (Fsp3) is 0.429. The molecule has 1 aliphatic rings. The van der Waals surface area contributed by atoms with Gasteiger partial charge in [-0.1, -0.05) is 29.8 Å². The SMILES string of the molecule is COc1ccc(C(c2cccc(C)c2)N2CCCNCC2)c(OC)c1. The Morgan fingerprint density at radius 1 is 1.00 bits per heavy atom. The molecule has 1 N–H and O–H groups in total. The fourth-order valence-corrected chi connectivity index (χ4v) is 3.60. The maximum Gasteiger partial charge on any atom is 0.127 e. The fourth-order valence-electron chi connectivity index (χ4n) is 3.60. The second kappa shape index (κ2) is 8.37. The predicted molar refractivity (Wildman–Crippen MR) is 102 cm³/mol. The number of hydrogen-bond acceptors (Lipinski definition) is 4. The molecule has 0 bridgehead atoms. The standard InChI is InChI=1S/C21H28N2O2/c1-16-6-4-7-17(14-16)21(23-12-5-10-22-11-13-23)19-9-8-18(24-2)15-20(19)25-3/h4,6-9,14-15,21-22H,5,10-13H2,1-3H3. The molecule has 1 heterocycles. The van der Waals surface area contributed by atoms with E-state index in [4.69, 9.17) is 9.47 Å². The predicted octanol–water partition coefficient (Wildman–Crippen LogP) is 3.40. The van der Waals surface area contributed by atoms with Crippen molar-refractivity contribution in [2.75, 3.05) is 40.4 Å². The van der Waals surface area contributed by atoms with Crippen LogP contribution in [0.5, 0.6) is 11.5 Å². The lowest BCUT2D eigenvalue weighted by molar-refractivity contribution is 0.236. The summed E-state index contributed by atoms with van der Waals surface area (Å²) in [6.45, 7) is 6.34. The lowest BCUT2D eigenvalue weighted by atomic mass is 9.94. The van der Waals surface area contributed by atoms with Gasteiger partial charge in [0.15, 0.2) is 0 Å². The molecule has 1 saturated heterocycles. The van der Waals surface area contributed by atoms with Crippen LogP contribution in [-0.2, 0) is 0 Å². The van der Waals surface area contributed by atoms with Crippen molar-refractivity contribution in [2.24, 2.45) is 0 Å². The van der Waals surface area contributed by atoms with E-state index in [1.165, 1.54) is 16.7 Å². The quantitative estimate of drug-likeness (QED) is 0.904. The molecule has 134 valence electrons. The van der Waals surface area contributed by atoms with Gasteiger partial charge in [-0.2, -0.15) is 0 Å². The van der Waals surface area contributed by atoms with E-state index in [0.29, 0.717) is 0 Å². The molecule has 1 aliphatic heterocycles. The van der Waals surface area contributed by atoms with Crippen LogP contribution in [0.25, 0.3) is 0 Å². The Bertz CT molecular complexity index is 694. The molecule has 4 nitrogen and oxygen atoms in total. The van der Waals surface area contributed by atoms with Crippen molar-refractivity contribution in [1.82, 2.24) is 10.2 Å². The highest BCUT2D eigenvalue weighted by molar-refractivity contribution is 5.46. The van der Waals surface area contributed by atoms with Crippen molar-refractivity contribution >= 4 is 0 Å². The second-order valence-electron chi connectivity index (χ2n) is 6.56. The maximum absolute atomic E-state index is 5.72. The van der Waals surface area contributed by atoms with Crippen LogP contribution in [0.15, 0.2) is 42.5 Å². The van der Waals surface area contributed by atoms with E-state index in [0.717, 1.165) is 44.1 Å². The molecule has 2 aromatic carbocycles. The minimum Gasteiger partial charge on any atom is -0.497 e. The van der Waals surface area contributed by atoms with Crippen LogP contribution in [0.3, 0.4) is 0 Å². The Kier molecular flexibility index (Phi) is 5.95. The highest BCUT2D eigenvalue weighted by Gasteiger charge is 2.26. The number of aryl methyl sites for hydroxylation is 1. The summed E-state index contributed by atoms with van der Waals surface area (Å²) in [6, 6.07) is 15.1. The molecule has 0 aliphatic carbocycles. The molecule has 0 aromatic heterocycles. The third-order valence-corrected chi connectivity index (χ3v) is 4.83. The molecule has 1 fully saturated rings. The lowest BCUT2D eigenvalue weighted by Gasteiger charge is -2.32. The third-order valence-electron chi connectivity index (χ3n) is 4.83. The van der Waals surface area contributed by atoms with Crippen LogP contribution in [0.2, 0.25) is 0 Å². The normalized spacial score (nSPS) is 16.9. The first-order chi connectivity index (χ1) is 12.2. The van der Waals surface area contributed by atoms with Gasteiger partial charge in [-0.15, -0.1) is 0 Å². The van der Waals surface area contributed by atoms with Crippen molar-refractivity contribution in [3.8, 4) is 11.5 Å². The van der Waals surface area contributed by atoms with Gasteiger partial charge >= 0.3 is 0 Å². The molecule has 2 aromatic rings. The molecule has 0 radical (unpaired) electrons. The van der Waals surface area contributed by atoms with Crippen molar-refractivity contribution < 1.29 is 9.47 Å². The molecule has 1 unspecified atom stereocenters. The van der Waals surface area contributed by atoms with Crippen LogP contribution in [0.1, 0.15) is 29.2 Å². The summed E-state index contributed by atoms with van der Waals surface area (Å²) in [5.74, 6) is 1.70. The first kappa shape index (κ1) is 17.8. The highest BCUT2D eigenvalue weighted by Crippen LogP contribution is 2.37. The van der Waals surface area contributed by atoms with E-state index >= 15 is 0 Å². The molecule has 3 rings (SSSR count). The Morgan fingerprint density at radius 2 is 1.88 bits per heavy atom. The number of benzene rings is 2. The lowest BCUT2D eigenvalue weighted by Crippen LogP contribution is -2.33. The van der Waals surface area contributed by atoms with Crippen LogP contribution in [-0.4, -0.2) is 45.3 Å². The Balaban J connectivity index is 2.07. The van der Waals surface area contributed by atoms with Gasteiger partial charge in [0.05, 0.1) is 20.3 Å². The summed E-state index contributed by atoms with van der Waals surface area (Å²) >= 11 is 0. The third kappa shape index (κ3) is 4.14. The van der Waals surface area contributed by atoms with E-state index in [9.17, 15) is 0 Å². The number of rotatable bonds is 5. The number of nitrogens with zero attached hydrogens (tertiary/aromatic N) is 1. The van der Waals surface area contributed by atoms with Gasteiger partial charge in [-0.25, -0.2) is 0 Å². The zero-order chi connectivity index (χ0) is 17.6. The van der Waals surface area contributed by atoms with E-state index in [1.807, 2.05) is 12.1 Å². The molecule has 0 spiro atoms. The summed E-state index contributed by atoms with van der Waals surface area (Å²) in [5, 5.41) is 3.50. The molecule has 0 amide bonds. The Hall–Kier alpha value is -2.04. The van der Waals surface area contributed by atoms with E-state index in [2.05, 4.69) is 47.5 Å². The van der Waals surface area contributed by atoms with Crippen LogP contribution < -0.4 is 14.8 Å². The van der Waals surface area contributed by atoms with Gasteiger partial charge in [0, 0.05) is 31.3 Å². The monoisotopic (exact) mass is 340 g/mol. The smallest absolute Gasteiger partial charge is 0.127 e. The molecule has 25 heavy (non-hydrogen) atoms. The van der Waals surface area contributed by atoms with Crippen molar-refractivity contribution in [1.29, 1.82) is 0 Å². The summed E-state index contributed by atoms with van der Waals surface area (Å²) in [5.41, 5.74) is 3.78. The van der Waals surface area contributed by atoms with Gasteiger partial charge in [0.1, 0.15) is 11.5 Å². The largest absolute Gasteiger partial charge is 0.497 e. The van der Waals surface area contributed by atoms with Crippen molar-refractivity contribution in [3.05, 3.63) is 59.2 Å². The Labute approximate surface area is 150 Å². The second-order valence-corrected chi connectivity index (χ2v) is 6.56. The van der Waals surface area contributed by atoms with Gasteiger partial charge < -0.3 is 14.8 Å². The zero-order valence-electron chi connectivity index (χ0n) is 15.4. The molecular formula is C21H28N2O2. The topological polar surface area (TPSA) is 33.7 Å². The minimum atomic E-state index is 0.181.